The lowest BCUT2D eigenvalue weighted by Gasteiger charge is -2.22. The molecule has 0 bridgehead atoms. The molecule has 0 radical (unpaired) electrons. The normalized spacial score (nSPS) is 13.7. The molecule has 0 heterocycles. The van der Waals surface area contributed by atoms with Gasteiger partial charge in [-0.2, -0.15) is 0 Å². The van der Waals surface area contributed by atoms with Gasteiger partial charge in [-0.1, -0.05) is 55.8 Å². The van der Waals surface area contributed by atoms with E-state index in [9.17, 15) is 0 Å². The van der Waals surface area contributed by atoms with Crippen LogP contribution in [-0.2, 0) is 0 Å². The average molecular weight is 304 g/mol. The molecular formula is C18H22ClNO. The molecule has 3 heteroatoms. The zero-order chi connectivity index (χ0) is 15.2. The second-order valence-corrected chi connectivity index (χ2v) is 5.68. The molecule has 2 rings (SSSR count). The lowest BCUT2D eigenvalue weighted by atomic mass is 9.97. The third kappa shape index (κ3) is 3.99. The number of ether oxygens (including phenoxy) is 1. The Hall–Kier alpha value is -1.51. The molecule has 0 aliphatic rings. The van der Waals surface area contributed by atoms with Crippen molar-refractivity contribution in [3.63, 3.8) is 0 Å². The Morgan fingerprint density at radius 2 is 1.90 bits per heavy atom. The maximum Gasteiger partial charge on any atom is 0.136 e. The van der Waals surface area contributed by atoms with E-state index in [1.54, 1.807) is 0 Å². The second-order valence-electron chi connectivity index (χ2n) is 5.24. The quantitative estimate of drug-likeness (QED) is 0.821. The van der Waals surface area contributed by atoms with Gasteiger partial charge in [-0.05, 0) is 41.7 Å². The lowest BCUT2D eigenvalue weighted by Crippen LogP contribution is -2.19. The second kappa shape index (κ2) is 7.48. The van der Waals surface area contributed by atoms with Crippen LogP contribution in [0.25, 0.3) is 0 Å². The molecule has 0 amide bonds. The number of rotatable bonds is 6. The van der Waals surface area contributed by atoms with Gasteiger partial charge < -0.3 is 10.5 Å². The van der Waals surface area contributed by atoms with Crippen LogP contribution in [0.3, 0.4) is 0 Å². The summed E-state index contributed by atoms with van der Waals surface area (Å²) < 4.78 is 6.18. The van der Waals surface area contributed by atoms with Crippen LogP contribution in [0.2, 0.25) is 5.02 Å². The van der Waals surface area contributed by atoms with E-state index in [0.29, 0.717) is 17.5 Å². The summed E-state index contributed by atoms with van der Waals surface area (Å²) in [7, 11) is 0. The summed E-state index contributed by atoms with van der Waals surface area (Å²) in [6.45, 7) is 4.80. The fourth-order valence-corrected chi connectivity index (χ4v) is 2.53. The summed E-state index contributed by atoms with van der Waals surface area (Å²) >= 11 is 6.06. The highest BCUT2D eigenvalue weighted by atomic mass is 35.5. The Bertz CT molecular complexity index is 585. The number of hydrogen-bond acceptors (Lipinski definition) is 2. The number of nitrogens with two attached hydrogens (primary N) is 1. The van der Waals surface area contributed by atoms with Gasteiger partial charge in [0.2, 0.25) is 0 Å². The minimum Gasteiger partial charge on any atom is -0.484 e. The topological polar surface area (TPSA) is 35.2 Å². The number of benzene rings is 2. The Morgan fingerprint density at radius 1 is 1.14 bits per heavy atom. The van der Waals surface area contributed by atoms with Gasteiger partial charge in [-0.25, -0.2) is 0 Å². The molecule has 2 unspecified atom stereocenters. The molecule has 0 fully saturated rings. The Labute approximate surface area is 131 Å². The molecule has 0 saturated heterocycles. The molecule has 112 valence electrons. The SMILES string of the molecule is CCC(C)c1ccccc1OC(CN)c1cccc(Cl)c1. The number of para-hydroxylation sites is 1. The van der Waals surface area contributed by atoms with E-state index in [0.717, 1.165) is 17.7 Å². The van der Waals surface area contributed by atoms with Crippen LogP contribution < -0.4 is 10.5 Å². The third-order valence-corrected chi connectivity index (χ3v) is 4.00. The monoisotopic (exact) mass is 303 g/mol. The molecule has 0 aliphatic heterocycles. The Kier molecular flexibility index (Phi) is 5.66. The molecule has 0 aromatic heterocycles. The summed E-state index contributed by atoms with van der Waals surface area (Å²) in [5, 5.41) is 0.699. The zero-order valence-electron chi connectivity index (χ0n) is 12.6. The van der Waals surface area contributed by atoms with Crippen molar-refractivity contribution in [2.45, 2.75) is 32.3 Å². The molecule has 2 N–H and O–H groups in total. The summed E-state index contributed by atoms with van der Waals surface area (Å²) in [5.74, 6) is 1.36. The highest BCUT2D eigenvalue weighted by Crippen LogP contribution is 2.32. The first-order chi connectivity index (χ1) is 10.2. The van der Waals surface area contributed by atoms with Gasteiger partial charge in [-0.3, -0.25) is 0 Å². The maximum atomic E-state index is 6.18. The minimum absolute atomic E-state index is 0.186. The van der Waals surface area contributed by atoms with E-state index in [-0.39, 0.29) is 6.10 Å². The van der Waals surface area contributed by atoms with E-state index in [1.165, 1.54) is 5.56 Å². The van der Waals surface area contributed by atoms with E-state index in [1.807, 2.05) is 42.5 Å². The Balaban J connectivity index is 2.27. The van der Waals surface area contributed by atoms with Crippen molar-refractivity contribution in [3.8, 4) is 5.75 Å². The largest absolute Gasteiger partial charge is 0.484 e. The third-order valence-electron chi connectivity index (χ3n) is 3.77. The van der Waals surface area contributed by atoms with E-state index in [4.69, 9.17) is 22.1 Å². The Morgan fingerprint density at radius 3 is 2.57 bits per heavy atom. The molecule has 21 heavy (non-hydrogen) atoms. The predicted octanol–water partition coefficient (Wildman–Crippen LogP) is 4.93. The van der Waals surface area contributed by atoms with Crippen molar-refractivity contribution in [3.05, 3.63) is 64.7 Å². The molecule has 2 aromatic carbocycles. The summed E-state index contributed by atoms with van der Waals surface area (Å²) in [5.41, 5.74) is 8.12. The first kappa shape index (κ1) is 15.9. The molecule has 2 aromatic rings. The van der Waals surface area contributed by atoms with Gasteiger partial charge >= 0.3 is 0 Å². The fourth-order valence-electron chi connectivity index (χ4n) is 2.33. The van der Waals surface area contributed by atoms with Crippen LogP contribution in [0.4, 0.5) is 0 Å². The molecule has 0 spiro atoms. The van der Waals surface area contributed by atoms with Crippen LogP contribution in [0.15, 0.2) is 48.5 Å². The summed E-state index contributed by atoms with van der Waals surface area (Å²) in [6.07, 6.45) is 0.888. The van der Waals surface area contributed by atoms with Crippen molar-refractivity contribution >= 4 is 11.6 Å². The van der Waals surface area contributed by atoms with Crippen molar-refractivity contribution in [1.29, 1.82) is 0 Å². The van der Waals surface area contributed by atoms with Crippen molar-refractivity contribution in [1.82, 2.24) is 0 Å². The van der Waals surface area contributed by atoms with Gasteiger partial charge in [0.1, 0.15) is 11.9 Å². The van der Waals surface area contributed by atoms with Crippen molar-refractivity contribution in [2.75, 3.05) is 6.54 Å². The van der Waals surface area contributed by atoms with Crippen LogP contribution in [0.5, 0.6) is 5.75 Å². The first-order valence-electron chi connectivity index (χ1n) is 7.36. The van der Waals surface area contributed by atoms with E-state index >= 15 is 0 Å². The summed E-state index contributed by atoms with van der Waals surface area (Å²) in [6, 6.07) is 15.8. The molecular weight excluding hydrogens is 282 g/mol. The fraction of sp³-hybridized carbons (Fsp3) is 0.333. The predicted molar refractivity (Wildman–Crippen MR) is 89.0 cm³/mol. The molecule has 2 nitrogen and oxygen atoms in total. The standard InChI is InChI=1S/C18H22ClNO/c1-3-13(2)16-9-4-5-10-17(16)21-18(12-20)14-7-6-8-15(19)11-14/h4-11,13,18H,3,12,20H2,1-2H3. The summed E-state index contributed by atoms with van der Waals surface area (Å²) in [4.78, 5) is 0. The van der Waals surface area contributed by atoms with Gasteiger partial charge in [-0.15, -0.1) is 0 Å². The average Bonchev–Trinajstić information content (AvgIpc) is 2.52. The van der Waals surface area contributed by atoms with Crippen LogP contribution in [0.1, 0.15) is 43.4 Å². The highest BCUT2D eigenvalue weighted by molar-refractivity contribution is 6.30. The number of halogens is 1. The number of hydrogen-bond donors (Lipinski definition) is 1. The molecule has 0 saturated carbocycles. The van der Waals surface area contributed by atoms with Crippen molar-refractivity contribution < 1.29 is 4.74 Å². The molecule has 2 atom stereocenters. The van der Waals surface area contributed by atoms with Crippen LogP contribution in [-0.4, -0.2) is 6.54 Å². The van der Waals surface area contributed by atoms with Gasteiger partial charge in [0.05, 0.1) is 0 Å². The maximum absolute atomic E-state index is 6.18. The van der Waals surface area contributed by atoms with Gasteiger partial charge in [0.25, 0.3) is 0 Å². The van der Waals surface area contributed by atoms with Crippen molar-refractivity contribution in [2.24, 2.45) is 5.73 Å². The van der Waals surface area contributed by atoms with E-state index < -0.39 is 0 Å². The van der Waals surface area contributed by atoms with Crippen LogP contribution in [0, 0.1) is 0 Å². The van der Waals surface area contributed by atoms with Gasteiger partial charge in [0, 0.05) is 11.6 Å². The van der Waals surface area contributed by atoms with Gasteiger partial charge in [0.15, 0.2) is 0 Å². The minimum atomic E-state index is -0.186. The first-order valence-corrected chi connectivity index (χ1v) is 7.74. The van der Waals surface area contributed by atoms with Crippen LogP contribution >= 0.6 is 11.6 Å². The van der Waals surface area contributed by atoms with E-state index in [2.05, 4.69) is 19.9 Å². The lowest BCUT2D eigenvalue weighted by molar-refractivity contribution is 0.211. The smallest absolute Gasteiger partial charge is 0.136 e. The highest BCUT2D eigenvalue weighted by Gasteiger charge is 2.16. The zero-order valence-corrected chi connectivity index (χ0v) is 13.3. The molecule has 0 aliphatic carbocycles.